The number of carbonyl (C=O) groups excluding carboxylic acids is 1. The molecule has 1 aliphatic rings. The van der Waals surface area contributed by atoms with Crippen LogP contribution >= 0.6 is 11.8 Å². The van der Waals surface area contributed by atoms with E-state index >= 15 is 0 Å². The van der Waals surface area contributed by atoms with E-state index in [0.29, 0.717) is 23.1 Å². The van der Waals surface area contributed by atoms with Crippen molar-refractivity contribution in [3.05, 3.63) is 47.2 Å². The molecule has 0 aliphatic carbocycles. The molecule has 0 bridgehead atoms. The number of pyridine rings is 1. The van der Waals surface area contributed by atoms with Gasteiger partial charge in [-0.25, -0.2) is 19.7 Å². The van der Waals surface area contributed by atoms with Gasteiger partial charge in [-0.3, -0.25) is 0 Å². The van der Waals surface area contributed by atoms with Crippen molar-refractivity contribution in [3.8, 4) is 0 Å². The topological polar surface area (TPSA) is 71.5 Å². The number of thioether (sulfide) groups is 1. The number of hydrogen-bond acceptors (Lipinski definition) is 8. The van der Waals surface area contributed by atoms with Gasteiger partial charge in [0, 0.05) is 37.8 Å². The number of aryl methyl sites for hydroxylation is 2. The van der Waals surface area contributed by atoms with Gasteiger partial charge in [-0.2, -0.15) is 0 Å². The number of anilines is 2. The van der Waals surface area contributed by atoms with Gasteiger partial charge in [0.25, 0.3) is 0 Å². The van der Waals surface area contributed by atoms with E-state index in [1.807, 2.05) is 6.26 Å². The standard InChI is InChI=1S/C23H27N5O2S/c1-5-30-22(29)18-14-24-23(31-4)26-21(18)28-11-9-27(10-12-28)19-13-16(3)17-8-6-7-15(2)20(17)25-19/h6-8,13-14H,5,9-12H2,1-4H3. The largest absolute Gasteiger partial charge is 0.462 e. The van der Waals surface area contributed by atoms with Crippen molar-refractivity contribution < 1.29 is 9.53 Å². The molecule has 0 saturated carbocycles. The van der Waals surface area contributed by atoms with Crippen LogP contribution in [0.5, 0.6) is 0 Å². The zero-order valence-corrected chi connectivity index (χ0v) is 19.2. The first-order valence-corrected chi connectivity index (χ1v) is 11.7. The van der Waals surface area contributed by atoms with E-state index in [1.54, 1.807) is 13.1 Å². The number of aromatic nitrogens is 3. The molecule has 31 heavy (non-hydrogen) atoms. The monoisotopic (exact) mass is 437 g/mol. The Morgan fingerprint density at radius 3 is 2.55 bits per heavy atom. The zero-order valence-electron chi connectivity index (χ0n) is 18.4. The minimum absolute atomic E-state index is 0.322. The molecule has 2 aromatic heterocycles. The third-order valence-electron chi connectivity index (χ3n) is 5.56. The summed E-state index contributed by atoms with van der Waals surface area (Å²) in [6, 6.07) is 8.47. The van der Waals surface area contributed by atoms with Gasteiger partial charge in [-0.1, -0.05) is 30.0 Å². The summed E-state index contributed by atoms with van der Waals surface area (Å²) in [6.07, 6.45) is 3.51. The van der Waals surface area contributed by atoms with E-state index in [0.717, 1.165) is 37.5 Å². The maximum Gasteiger partial charge on any atom is 0.343 e. The van der Waals surface area contributed by atoms with Crippen LogP contribution in [0.4, 0.5) is 11.6 Å². The SMILES string of the molecule is CCOC(=O)c1cnc(SC)nc1N1CCN(c2cc(C)c3cccc(C)c3n2)CC1. The van der Waals surface area contributed by atoms with Crippen LogP contribution < -0.4 is 9.80 Å². The van der Waals surface area contributed by atoms with Crippen molar-refractivity contribution in [1.82, 2.24) is 15.0 Å². The maximum absolute atomic E-state index is 12.4. The van der Waals surface area contributed by atoms with E-state index in [-0.39, 0.29) is 5.97 Å². The maximum atomic E-state index is 12.4. The zero-order chi connectivity index (χ0) is 22.0. The first-order chi connectivity index (χ1) is 15.0. The summed E-state index contributed by atoms with van der Waals surface area (Å²) in [7, 11) is 0. The Labute approximate surface area is 186 Å². The van der Waals surface area contributed by atoms with Crippen molar-refractivity contribution in [2.75, 3.05) is 48.8 Å². The highest BCUT2D eigenvalue weighted by atomic mass is 32.2. The van der Waals surface area contributed by atoms with Crippen LogP contribution in [-0.2, 0) is 4.74 Å². The highest BCUT2D eigenvalue weighted by molar-refractivity contribution is 7.98. The Morgan fingerprint density at radius 2 is 1.84 bits per heavy atom. The Morgan fingerprint density at radius 1 is 1.10 bits per heavy atom. The molecule has 1 fully saturated rings. The van der Waals surface area contributed by atoms with Crippen LogP contribution in [0.1, 0.15) is 28.4 Å². The molecular weight excluding hydrogens is 410 g/mol. The van der Waals surface area contributed by atoms with E-state index in [2.05, 4.69) is 57.9 Å². The minimum atomic E-state index is -0.380. The van der Waals surface area contributed by atoms with Crippen LogP contribution in [0.25, 0.3) is 10.9 Å². The Hall–Kier alpha value is -2.87. The lowest BCUT2D eigenvalue weighted by Gasteiger charge is -2.36. The van der Waals surface area contributed by atoms with Gasteiger partial charge in [0.1, 0.15) is 17.2 Å². The number of rotatable bonds is 5. The summed E-state index contributed by atoms with van der Waals surface area (Å²) in [5.74, 6) is 1.27. The number of esters is 1. The molecule has 0 spiro atoms. The second-order valence-electron chi connectivity index (χ2n) is 7.56. The van der Waals surface area contributed by atoms with Crippen molar-refractivity contribution in [2.45, 2.75) is 25.9 Å². The number of fused-ring (bicyclic) bond motifs is 1. The average Bonchev–Trinajstić information content (AvgIpc) is 2.79. The minimum Gasteiger partial charge on any atom is -0.462 e. The molecule has 3 aromatic rings. The fourth-order valence-corrected chi connectivity index (χ4v) is 4.24. The predicted molar refractivity (Wildman–Crippen MR) is 125 cm³/mol. The molecule has 0 amide bonds. The molecule has 1 saturated heterocycles. The smallest absolute Gasteiger partial charge is 0.343 e. The number of nitrogens with zero attached hydrogens (tertiary/aromatic N) is 5. The number of para-hydroxylation sites is 1. The van der Waals surface area contributed by atoms with E-state index in [9.17, 15) is 4.79 Å². The first-order valence-electron chi connectivity index (χ1n) is 10.5. The predicted octanol–water partition coefficient (Wildman–Crippen LogP) is 3.87. The lowest BCUT2D eigenvalue weighted by Crippen LogP contribution is -2.47. The summed E-state index contributed by atoms with van der Waals surface area (Å²) < 4.78 is 5.22. The number of piperazine rings is 1. The van der Waals surface area contributed by atoms with Crippen LogP contribution in [-0.4, -0.2) is 60.0 Å². The fourth-order valence-electron chi connectivity index (χ4n) is 3.90. The Balaban J connectivity index is 1.57. The van der Waals surface area contributed by atoms with Gasteiger partial charge in [0.05, 0.1) is 12.1 Å². The Bertz CT molecular complexity index is 1110. The van der Waals surface area contributed by atoms with Crippen LogP contribution in [0.3, 0.4) is 0 Å². The van der Waals surface area contributed by atoms with Crippen molar-refractivity contribution >= 4 is 40.3 Å². The molecule has 8 heteroatoms. The van der Waals surface area contributed by atoms with Gasteiger partial charge < -0.3 is 14.5 Å². The molecule has 162 valence electrons. The van der Waals surface area contributed by atoms with Crippen LogP contribution in [0.2, 0.25) is 0 Å². The number of hydrogen-bond donors (Lipinski definition) is 0. The van der Waals surface area contributed by atoms with Gasteiger partial charge in [0.2, 0.25) is 0 Å². The molecule has 0 unspecified atom stereocenters. The highest BCUT2D eigenvalue weighted by Crippen LogP contribution is 2.27. The molecule has 0 N–H and O–H groups in total. The molecule has 1 aliphatic heterocycles. The fraction of sp³-hybridized carbons (Fsp3) is 0.391. The lowest BCUT2D eigenvalue weighted by molar-refractivity contribution is 0.0526. The highest BCUT2D eigenvalue weighted by Gasteiger charge is 2.25. The molecule has 4 rings (SSSR count). The van der Waals surface area contributed by atoms with Crippen LogP contribution in [0, 0.1) is 13.8 Å². The van der Waals surface area contributed by atoms with Crippen molar-refractivity contribution in [1.29, 1.82) is 0 Å². The number of carbonyl (C=O) groups is 1. The molecule has 3 heterocycles. The number of benzene rings is 1. The van der Waals surface area contributed by atoms with E-state index in [4.69, 9.17) is 9.72 Å². The van der Waals surface area contributed by atoms with Crippen LogP contribution in [0.15, 0.2) is 35.6 Å². The van der Waals surface area contributed by atoms with Crippen molar-refractivity contribution in [3.63, 3.8) is 0 Å². The van der Waals surface area contributed by atoms with Gasteiger partial charge in [-0.05, 0) is 44.2 Å². The summed E-state index contributed by atoms with van der Waals surface area (Å²) in [5.41, 5.74) is 3.90. The van der Waals surface area contributed by atoms with Gasteiger partial charge in [0.15, 0.2) is 5.16 Å². The van der Waals surface area contributed by atoms with E-state index in [1.165, 1.54) is 28.3 Å². The third kappa shape index (κ3) is 4.30. The third-order valence-corrected chi connectivity index (χ3v) is 6.12. The average molecular weight is 438 g/mol. The second-order valence-corrected chi connectivity index (χ2v) is 8.33. The summed E-state index contributed by atoms with van der Waals surface area (Å²) in [6.45, 7) is 9.44. The van der Waals surface area contributed by atoms with Gasteiger partial charge in [-0.15, -0.1) is 0 Å². The molecular formula is C23H27N5O2S. The summed E-state index contributed by atoms with van der Waals surface area (Å²) in [5, 5.41) is 1.85. The lowest BCUT2D eigenvalue weighted by atomic mass is 10.1. The summed E-state index contributed by atoms with van der Waals surface area (Å²) >= 11 is 1.46. The van der Waals surface area contributed by atoms with Crippen molar-refractivity contribution in [2.24, 2.45) is 0 Å². The molecule has 0 atom stereocenters. The summed E-state index contributed by atoms with van der Waals surface area (Å²) in [4.78, 5) is 30.7. The normalized spacial score (nSPS) is 14.2. The second kappa shape index (κ2) is 9.09. The van der Waals surface area contributed by atoms with Gasteiger partial charge >= 0.3 is 5.97 Å². The molecule has 0 radical (unpaired) electrons. The molecule has 1 aromatic carbocycles. The Kier molecular flexibility index (Phi) is 6.27. The quantitative estimate of drug-likeness (QED) is 0.338. The number of ether oxygens (including phenoxy) is 1. The van der Waals surface area contributed by atoms with E-state index < -0.39 is 0 Å². The molecule has 7 nitrogen and oxygen atoms in total. The first kappa shape index (κ1) is 21.4.